The number of benzene rings is 1. The number of carbonyl (C=O) groups excluding carboxylic acids is 2. The first kappa shape index (κ1) is 19.5. The van der Waals surface area contributed by atoms with E-state index in [1.54, 1.807) is 23.8 Å². The fourth-order valence-electron chi connectivity index (χ4n) is 2.24. The molecule has 1 N–H and O–H groups in total. The molecule has 0 saturated carbocycles. The lowest BCUT2D eigenvalue weighted by Gasteiger charge is -2.07. The molecule has 140 valence electrons. The van der Waals surface area contributed by atoms with Gasteiger partial charge in [0.05, 0.1) is 22.7 Å². The highest BCUT2D eigenvalue weighted by Gasteiger charge is 2.12. The Labute approximate surface area is 169 Å². The zero-order valence-electron chi connectivity index (χ0n) is 14.4. The summed E-state index contributed by atoms with van der Waals surface area (Å²) in [4.78, 5) is 32.3. The number of halogens is 1. The lowest BCUT2D eigenvalue weighted by atomic mass is 10.2. The van der Waals surface area contributed by atoms with Gasteiger partial charge >= 0.3 is 5.97 Å². The number of nitrogens with one attached hydrogen (secondary N) is 1. The van der Waals surface area contributed by atoms with Crippen molar-refractivity contribution in [3.63, 3.8) is 0 Å². The smallest absolute Gasteiger partial charge is 0.312 e. The van der Waals surface area contributed by atoms with Crippen LogP contribution in [0.4, 0.5) is 5.69 Å². The van der Waals surface area contributed by atoms with E-state index in [2.05, 4.69) is 15.3 Å². The molecule has 1 aromatic carbocycles. The highest BCUT2D eigenvalue weighted by Crippen LogP contribution is 2.23. The Kier molecular flexibility index (Phi) is 6.32. The van der Waals surface area contributed by atoms with Gasteiger partial charge in [-0.15, -0.1) is 11.3 Å². The van der Waals surface area contributed by atoms with Crippen molar-refractivity contribution in [2.45, 2.75) is 6.42 Å². The molecule has 0 saturated heterocycles. The number of pyridine rings is 1. The van der Waals surface area contributed by atoms with Crippen LogP contribution in [0.1, 0.15) is 11.3 Å². The minimum absolute atomic E-state index is 0.0350. The molecule has 7 nitrogen and oxygen atoms in total. The molecule has 9 heteroatoms. The average molecular weight is 413 g/mol. The molecule has 0 aliphatic carbocycles. The summed E-state index contributed by atoms with van der Waals surface area (Å²) in [5, 5.41) is 14.1. The Morgan fingerprint density at radius 2 is 2.18 bits per heavy atom. The van der Waals surface area contributed by atoms with Crippen LogP contribution < -0.4 is 5.32 Å². The van der Waals surface area contributed by atoms with Crippen molar-refractivity contribution in [1.82, 2.24) is 9.97 Å². The molecule has 0 aliphatic heterocycles. The van der Waals surface area contributed by atoms with Crippen LogP contribution in [0.2, 0.25) is 5.02 Å². The number of hydrogen-bond acceptors (Lipinski definition) is 7. The minimum atomic E-state index is -0.559. The van der Waals surface area contributed by atoms with Crippen LogP contribution in [-0.2, 0) is 20.7 Å². The summed E-state index contributed by atoms with van der Waals surface area (Å²) in [5.41, 5.74) is 2.14. The molecule has 3 rings (SSSR count). The monoisotopic (exact) mass is 412 g/mol. The Bertz CT molecular complexity index is 1050. The molecule has 2 heterocycles. The molecule has 3 aromatic rings. The maximum atomic E-state index is 11.9. The van der Waals surface area contributed by atoms with Crippen molar-refractivity contribution in [2.75, 3.05) is 11.9 Å². The molecule has 0 bridgehead atoms. The van der Waals surface area contributed by atoms with Gasteiger partial charge in [0.15, 0.2) is 6.61 Å². The maximum absolute atomic E-state index is 11.9. The Balaban J connectivity index is 1.49. The van der Waals surface area contributed by atoms with Crippen LogP contribution in [0.25, 0.3) is 10.6 Å². The molecular formula is C19H13ClN4O3S. The zero-order chi connectivity index (χ0) is 19.9. The van der Waals surface area contributed by atoms with Crippen molar-refractivity contribution in [1.29, 1.82) is 5.26 Å². The summed E-state index contributed by atoms with van der Waals surface area (Å²) in [6.07, 6.45) is 3.33. The van der Waals surface area contributed by atoms with Crippen LogP contribution in [0, 0.1) is 11.3 Å². The second kappa shape index (κ2) is 9.08. The standard InChI is InChI=1S/C19H13ClN4O3S/c20-16-6-14(4-3-12(16)8-21)23-17(25)10-27-18(26)7-15-11-28-19(24-15)13-2-1-5-22-9-13/h1-6,9,11H,7,10H2,(H,23,25). The Hall–Kier alpha value is -3.28. The maximum Gasteiger partial charge on any atom is 0.312 e. The van der Waals surface area contributed by atoms with E-state index in [1.165, 1.54) is 23.5 Å². The normalized spacial score (nSPS) is 10.1. The third-order valence-electron chi connectivity index (χ3n) is 3.52. The van der Waals surface area contributed by atoms with Gasteiger partial charge in [-0.05, 0) is 30.3 Å². The average Bonchev–Trinajstić information content (AvgIpc) is 3.16. The quantitative estimate of drug-likeness (QED) is 0.621. The number of nitrogens with zero attached hydrogens (tertiary/aromatic N) is 3. The van der Waals surface area contributed by atoms with Crippen LogP contribution >= 0.6 is 22.9 Å². The topological polar surface area (TPSA) is 105 Å². The number of aromatic nitrogens is 2. The van der Waals surface area contributed by atoms with Gasteiger partial charge in [-0.2, -0.15) is 5.26 Å². The molecule has 28 heavy (non-hydrogen) atoms. The number of amides is 1. The van der Waals surface area contributed by atoms with Crippen LogP contribution in [0.5, 0.6) is 0 Å². The largest absolute Gasteiger partial charge is 0.455 e. The summed E-state index contributed by atoms with van der Waals surface area (Å²) in [5.74, 6) is -1.07. The van der Waals surface area contributed by atoms with Gasteiger partial charge in [0.1, 0.15) is 11.1 Å². The van der Waals surface area contributed by atoms with Crippen LogP contribution in [0.3, 0.4) is 0 Å². The van der Waals surface area contributed by atoms with E-state index in [4.69, 9.17) is 21.6 Å². The van der Waals surface area contributed by atoms with Gasteiger partial charge in [0.2, 0.25) is 0 Å². The lowest BCUT2D eigenvalue weighted by molar-refractivity contribution is -0.146. The SMILES string of the molecule is N#Cc1ccc(NC(=O)COC(=O)Cc2csc(-c3cccnc3)n2)cc1Cl. The van der Waals surface area contributed by atoms with E-state index in [9.17, 15) is 9.59 Å². The van der Waals surface area contributed by atoms with Gasteiger partial charge in [0.25, 0.3) is 5.91 Å². The van der Waals surface area contributed by atoms with Crippen molar-refractivity contribution >= 4 is 40.5 Å². The minimum Gasteiger partial charge on any atom is -0.455 e. The zero-order valence-corrected chi connectivity index (χ0v) is 16.0. The molecule has 0 aliphatic rings. The highest BCUT2D eigenvalue weighted by atomic mass is 35.5. The van der Waals surface area contributed by atoms with Crippen molar-refractivity contribution in [2.24, 2.45) is 0 Å². The predicted molar refractivity (Wildman–Crippen MR) is 105 cm³/mol. The van der Waals surface area contributed by atoms with Crippen LogP contribution in [-0.4, -0.2) is 28.5 Å². The number of carbonyl (C=O) groups is 2. The van der Waals surface area contributed by atoms with E-state index in [0.717, 1.165) is 10.6 Å². The molecule has 2 aromatic heterocycles. The second-order valence-electron chi connectivity index (χ2n) is 5.58. The van der Waals surface area contributed by atoms with Crippen molar-refractivity contribution in [3.8, 4) is 16.6 Å². The van der Waals surface area contributed by atoms with Gasteiger partial charge in [0, 0.05) is 29.0 Å². The first-order valence-corrected chi connectivity index (χ1v) is 9.31. The van der Waals surface area contributed by atoms with E-state index < -0.39 is 18.5 Å². The summed E-state index contributed by atoms with van der Waals surface area (Å²) < 4.78 is 4.99. The number of ether oxygens (including phenoxy) is 1. The predicted octanol–water partition coefficient (Wildman–Crippen LogP) is 3.45. The molecule has 1 amide bonds. The van der Waals surface area contributed by atoms with Crippen LogP contribution in [0.15, 0.2) is 48.1 Å². The summed E-state index contributed by atoms with van der Waals surface area (Å²) >= 11 is 7.31. The number of esters is 1. The fourth-order valence-corrected chi connectivity index (χ4v) is 3.27. The van der Waals surface area contributed by atoms with Gasteiger partial charge in [-0.1, -0.05) is 11.6 Å². The van der Waals surface area contributed by atoms with Gasteiger partial charge < -0.3 is 10.1 Å². The first-order chi connectivity index (χ1) is 13.5. The third kappa shape index (κ3) is 5.13. The van der Waals surface area contributed by atoms with Crippen molar-refractivity contribution in [3.05, 3.63) is 64.4 Å². The van der Waals surface area contributed by atoms with E-state index in [1.807, 2.05) is 18.2 Å². The first-order valence-electron chi connectivity index (χ1n) is 8.05. The summed E-state index contributed by atoms with van der Waals surface area (Å²) in [7, 11) is 0. The Morgan fingerprint density at radius 1 is 1.32 bits per heavy atom. The number of anilines is 1. The molecule has 0 spiro atoms. The number of nitriles is 1. The number of rotatable bonds is 6. The molecule has 0 atom stereocenters. The lowest BCUT2D eigenvalue weighted by Crippen LogP contribution is -2.21. The highest BCUT2D eigenvalue weighted by molar-refractivity contribution is 7.13. The van der Waals surface area contributed by atoms with E-state index >= 15 is 0 Å². The van der Waals surface area contributed by atoms with E-state index in [-0.39, 0.29) is 11.4 Å². The Morgan fingerprint density at radius 3 is 2.89 bits per heavy atom. The molecule has 0 radical (unpaired) electrons. The second-order valence-corrected chi connectivity index (χ2v) is 6.84. The number of hydrogen-bond donors (Lipinski definition) is 1. The third-order valence-corrected chi connectivity index (χ3v) is 4.78. The fraction of sp³-hybridized carbons (Fsp3) is 0.105. The van der Waals surface area contributed by atoms with Gasteiger partial charge in [-0.3, -0.25) is 14.6 Å². The molecule has 0 unspecified atom stereocenters. The van der Waals surface area contributed by atoms with Gasteiger partial charge in [-0.25, -0.2) is 4.98 Å². The van der Waals surface area contributed by atoms with E-state index in [0.29, 0.717) is 16.9 Å². The summed E-state index contributed by atoms with van der Waals surface area (Å²) in [6.45, 7) is -0.434. The summed E-state index contributed by atoms with van der Waals surface area (Å²) in [6, 6.07) is 10.1. The molecule has 0 fully saturated rings. The number of thiazole rings is 1. The van der Waals surface area contributed by atoms with Crippen molar-refractivity contribution < 1.29 is 14.3 Å². The molecular weight excluding hydrogens is 400 g/mol.